The molecule has 1 aliphatic rings. The highest BCUT2D eigenvalue weighted by molar-refractivity contribution is 9.10. The quantitative estimate of drug-likeness (QED) is 0.900. The molecule has 1 fully saturated rings. The third-order valence-electron chi connectivity index (χ3n) is 3.28. The van der Waals surface area contributed by atoms with Gasteiger partial charge in [-0.15, -0.1) is 0 Å². The van der Waals surface area contributed by atoms with Crippen LogP contribution < -0.4 is 10.1 Å². The van der Waals surface area contributed by atoms with Gasteiger partial charge in [-0.1, -0.05) is 0 Å². The monoisotopic (exact) mass is 283 g/mol. The molecule has 0 aliphatic carbocycles. The lowest BCUT2D eigenvalue weighted by molar-refractivity contribution is 0.408. The molecule has 1 heterocycles. The summed E-state index contributed by atoms with van der Waals surface area (Å²) in [4.78, 5) is 0. The van der Waals surface area contributed by atoms with Crippen LogP contribution in [0.25, 0.3) is 0 Å². The zero-order valence-electron chi connectivity index (χ0n) is 9.85. The first kappa shape index (κ1) is 11.9. The average Bonchev–Trinajstić information content (AvgIpc) is 2.30. The largest absolute Gasteiger partial charge is 0.496 e. The summed E-state index contributed by atoms with van der Waals surface area (Å²) in [7, 11) is 1.72. The second-order valence-corrected chi connectivity index (χ2v) is 5.24. The fourth-order valence-electron chi connectivity index (χ4n) is 2.38. The molecule has 0 spiro atoms. The highest BCUT2D eigenvalue weighted by atomic mass is 79.9. The molecule has 1 aromatic carbocycles. The number of nitrogens with one attached hydrogen (secondary N) is 1. The van der Waals surface area contributed by atoms with Crippen molar-refractivity contribution in [1.29, 1.82) is 0 Å². The van der Waals surface area contributed by atoms with E-state index < -0.39 is 0 Å². The van der Waals surface area contributed by atoms with Gasteiger partial charge in [0.05, 0.1) is 11.6 Å². The molecule has 0 amide bonds. The molecule has 1 aromatic rings. The Morgan fingerprint density at radius 2 is 2.25 bits per heavy atom. The Kier molecular flexibility index (Phi) is 3.87. The van der Waals surface area contributed by atoms with Gasteiger partial charge in [0.1, 0.15) is 5.75 Å². The van der Waals surface area contributed by atoms with Crippen molar-refractivity contribution in [1.82, 2.24) is 5.32 Å². The van der Waals surface area contributed by atoms with E-state index in [9.17, 15) is 0 Å². The number of rotatable bonds is 2. The van der Waals surface area contributed by atoms with Crippen LogP contribution in [-0.4, -0.2) is 20.2 Å². The van der Waals surface area contributed by atoms with Gasteiger partial charge in [0.25, 0.3) is 0 Å². The van der Waals surface area contributed by atoms with Crippen molar-refractivity contribution in [2.75, 3.05) is 20.2 Å². The zero-order chi connectivity index (χ0) is 11.5. The van der Waals surface area contributed by atoms with Gasteiger partial charge in [-0.25, -0.2) is 0 Å². The van der Waals surface area contributed by atoms with Crippen LogP contribution in [0, 0.1) is 6.92 Å². The van der Waals surface area contributed by atoms with Crippen molar-refractivity contribution < 1.29 is 4.74 Å². The predicted octanol–water partition coefficient (Wildman–Crippen LogP) is 3.23. The number of hydrogen-bond donors (Lipinski definition) is 1. The van der Waals surface area contributed by atoms with Crippen molar-refractivity contribution in [3.8, 4) is 5.75 Å². The Balaban J connectivity index is 2.31. The summed E-state index contributed by atoms with van der Waals surface area (Å²) in [6.07, 6.45) is 2.54. The summed E-state index contributed by atoms with van der Waals surface area (Å²) in [5.74, 6) is 1.57. The topological polar surface area (TPSA) is 21.3 Å². The maximum Gasteiger partial charge on any atom is 0.133 e. The molecule has 16 heavy (non-hydrogen) atoms. The first-order valence-electron chi connectivity index (χ1n) is 5.77. The minimum Gasteiger partial charge on any atom is -0.496 e. The van der Waals surface area contributed by atoms with Crippen LogP contribution in [0.2, 0.25) is 0 Å². The number of aryl methyl sites for hydroxylation is 1. The first-order chi connectivity index (χ1) is 7.72. The molecule has 0 radical (unpaired) electrons. The summed E-state index contributed by atoms with van der Waals surface area (Å²) in [5.41, 5.74) is 2.77. The zero-order valence-corrected chi connectivity index (χ0v) is 11.4. The molecule has 0 bridgehead atoms. The number of benzene rings is 1. The van der Waals surface area contributed by atoms with Gasteiger partial charge in [-0.2, -0.15) is 0 Å². The number of methoxy groups -OCH3 is 1. The minimum absolute atomic E-state index is 0.635. The van der Waals surface area contributed by atoms with Crippen molar-refractivity contribution in [3.63, 3.8) is 0 Å². The van der Waals surface area contributed by atoms with E-state index in [1.807, 2.05) is 0 Å². The molecule has 1 atom stereocenters. The molecule has 88 valence electrons. The summed E-state index contributed by atoms with van der Waals surface area (Å²) < 4.78 is 6.41. The number of hydrogen-bond acceptors (Lipinski definition) is 2. The van der Waals surface area contributed by atoms with E-state index in [1.54, 1.807) is 7.11 Å². The standard InChI is InChI=1S/C13H18BrNO/c1-9-6-12(14)13(16-2)7-11(9)10-4-3-5-15-8-10/h6-7,10,15H,3-5,8H2,1-2H3. The van der Waals surface area contributed by atoms with Crippen molar-refractivity contribution >= 4 is 15.9 Å². The first-order valence-corrected chi connectivity index (χ1v) is 6.56. The van der Waals surface area contributed by atoms with E-state index >= 15 is 0 Å². The van der Waals surface area contributed by atoms with Crippen molar-refractivity contribution in [2.45, 2.75) is 25.7 Å². The molecule has 0 aromatic heterocycles. The van der Waals surface area contributed by atoms with E-state index in [1.165, 1.54) is 24.0 Å². The fourth-order valence-corrected chi connectivity index (χ4v) is 3.00. The summed E-state index contributed by atoms with van der Waals surface area (Å²) >= 11 is 3.52. The van der Waals surface area contributed by atoms with Gasteiger partial charge in [0.2, 0.25) is 0 Å². The third-order valence-corrected chi connectivity index (χ3v) is 3.90. The van der Waals surface area contributed by atoms with Crippen molar-refractivity contribution in [3.05, 3.63) is 27.7 Å². The number of piperidine rings is 1. The lowest BCUT2D eigenvalue weighted by atomic mass is 9.89. The molecule has 3 heteroatoms. The van der Waals surface area contributed by atoms with Crippen LogP contribution in [-0.2, 0) is 0 Å². The molecule has 1 N–H and O–H groups in total. The third kappa shape index (κ3) is 2.41. The van der Waals surface area contributed by atoms with Gasteiger partial charge in [-0.05, 0) is 71.4 Å². The van der Waals surface area contributed by atoms with Crippen LogP contribution in [0.15, 0.2) is 16.6 Å². The van der Waals surface area contributed by atoms with E-state index in [-0.39, 0.29) is 0 Å². The van der Waals surface area contributed by atoms with Crippen LogP contribution in [0.5, 0.6) is 5.75 Å². The normalized spacial score (nSPS) is 20.8. The molecule has 1 unspecified atom stereocenters. The van der Waals surface area contributed by atoms with Gasteiger partial charge in [0, 0.05) is 6.54 Å². The van der Waals surface area contributed by atoms with E-state index in [0.29, 0.717) is 5.92 Å². The van der Waals surface area contributed by atoms with E-state index in [2.05, 4.69) is 40.3 Å². The van der Waals surface area contributed by atoms with Gasteiger partial charge < -0.3 is 10.1 Å². The van der Waals surface area contributed by atoms with E-state index in [0.717, 1.165) is 23.3 Å². The molecule has 0 saturated carbocycles. The second kappa shape index (κ2) is 5.19. The van der Waals surface area contributed by atoms with Crippen LogP contribution in [0.1, 0.15) is 29.9 Å². The van der Waals surface area contributed by atoms with Crippen molar-refractivity contribution in [2.24, 2.45) is 0 Å². The Morgan fingerprint density at radius 1 is 1.44 bits per heavy atom. The van der Waals surface area contributed by atoms with Crippen LogP contribution in [0.4, 0.5) is 0 Å². The molecule has 1 saturated heterocycles. The van der Waals surface area contributed by atoms with Crippen LogP contribution >= 0.6 is 15.9 Å². The summed E-state index contributed by atoms with van der Waals surface area (Å²) in [5, 5.41) is 3.46. The molecule has 1 aliphatic heterocycles. The summed E-state index contributed by atoms with van der Waals surface area (Å²) in [6.45, 7) is 4.42. The molecule has 2 rings (SSSR count). The van der Waals surface area contributed by atoms with Gasteiger partial charge >= 0.3 is 0 Å². The second-order valence-electron chi connectivity index (χ2n) is 4.39. The van der Waals surface area contributed by atoms with Gasteiger partial charge in [0.15, 0.2) is 0 Å². The Hall–Kier alpha value is -0.540. The van der Waals surface area contributed by atoms with Crippen LogP contribution in [0.3, 0.4) is 0 Å². The molecule has 2 nitrogen and oxygen atoms in total. The lowest BCUT2D eigenvalue weighted by Gasteiger charge is -2.25. The lowest BCUT2D eigenvalue weighted by Crippen LogP contribution is -2.28. The molecular weight excluding hydrogens is 266 g/mol. The Labute approximate surface area is 106 Å². The maximum atomic E-state index is 5.36. The fraction of sp³-hybridized carbons (Fsp3) is 0.538. The highest BCUT2D eigenvalue weighted by Gasteiger charge is 2.18. The Morgan fingerprint density at radius 3 is 2.88 bits per heavy atom. The smallest absolute Gasteiger partial charge is 0.133 e. The van der Waals surface area contributed by atoms with E-state index in [4.69, 9.17) is 4.74 Å². The maximum absolute atomic E-state index is 5.36. The summed E-state index contributed by atoms with van der Waals surface area (Å²) in [6, 6.07) is 4.33. The van der Waals surface area contributed by atoms with Gasteiger partial charge in [-0.3, -0.25) is 0 Å². The molecular formula is C13H18BrNO. The number of ether oxygens (including phenoxy) is 1. The number of halogens is 1. The average molecular weight is 284 g/mol. The Bertz CT molecular complexity index is 372. The minimum atomic E-state index is 0.635. The highest BCUT2D eigenvalue weighted by Crippen LogP contribution is 2.34. The predicted molar refractivity (Wildman–Crippen MR) is 70.3 cm³/mol. The SMILES string of the molecule is COc1cc(C2CCCNC2)c(C)cc1Br.